The Kier molecular flexibility index (Phi) is 2.24. The average molecular weight is 338 g/mol. The lowest BCUT2D eigenvalue weighted by Crippen LogP contribution is -2.44. The molecule has 0 fully saturated rings. The van der Waals surface area contributed by atoms with Crippen LogP contribution in [-0.2, 0) is 15.0 Å². The van der Waals surface area contributed by atoms with Crippen LogP contribution in [0.1, 0.15) is 16.7 Å². The summed E-state index contributed by atoms with van der Waals surface area (Å²) >= 11 is 0. The van der Waals surface area contributed by atoms with E-state index < -0.39 is 11.3 Å². The van der Waals surface area contributed by atoms with E-state index in [9.17, 15) is 9.59 Å². The quantitative estimate of drug-likeness (QED) is 0.801. The summed E-state index contributed by atoms with van der Waals surface area (Å²) in [5.74, 6) is -0.546. The van der Waals surface area contributed by atoms with Gasteiger partial charge in [-0.15, -0.1) is 10.2 Å². The predicted octanol–water partition coefficient (Wildman–Crippen LogP) is 2.98. The lowest BCUT2D eigenvalue weighted by Gasteiger charge is -2.32. The van der Waals surface area contributed by atoms with Crippen molar-refractivity contribution in [1.82, 2.24) is 0 Å². The molecule has 1 unspecified atom stereocenters. The molecule has 0 saturated heterocycles. The van der Waals surface area contributed by atoms with Crippen molar-refractivity contribution >= 4 is 29.3 Å². The number of hydrogen-bond acceptors (Lipinski definition) is 4. The minimum Gasteiger partial charge on any atom is -0.324 e. The Hall–Kier alpha value is -3.67. The third kappa shape index (κ3) is 1.34. The molecule has 6 rings (SSSR count). The maximum atomic E-state index is 13.3. The van der Waals surface area contributed by atoms with E-state index >= 15 is 0 Å². The molecule has 1 N–H and O–H groups in total. The summed E-state index contributed by atoms with van der Waals surface area (Å²) in [5, 5.41) is 10.6. The second kappa shape index (κ2) is 4.29. The first-order valence-corrected chi connectivity index (χ1v) is 8.23. The molecule has 2 amide bonds. The number of benzene rings is 2. The minimum atomic E-state index is -1.26. The third-order valence-electron chi connectivity index (χ3n) is 5.36. The van der Waals surface area contributed by atoms with Crippen LogP contribution in [-0.4, -0.2) is 17.5 Å². The molecule has 6 nitrogen and oxygen atoms in total. The van der Waals surface area contributed by atoms with Crippen molar-refractivity contribution in [1.29, 1.82) is 0 Å². The highest BCUT2D eigenvalue weighted by atomic mass is 16.2. The van der Waals surface area contributed by atoms with Crippen molar-refractivity contribution in [3.63, 3.8) is 0 Å². The molecule has 0 aromatic heterocycles. The predicted molar refractivity (Wildman–Crippen MR) is 94.6 cm³/mol. The summed E-state index contributed by atoms with van der Waals surface area (Å²) < 4.78 is 0. The zero-order valence-electron chi connectivity index (χ0n) is 13.4. The topological polar surface area (TPSA) is 83.2 Å². The van der Waals surface area contributed by atoms with Gasteiger partial charge in [0.2, 0.25) is 5.91 Å². The number of rotatable bonds is 0. The number of nitrogens with one attached hydrogen (secondary N) is 1. The van der Waals surface area contributed by atoms with Gasteiger partial charge in [0.05, 0.1) is 11.3 Å². The molecule has 1 spiro atoms. The lowest BCUT2D eigenvalue weighted by atomic mass is 9.66. The second-order valence-electron chi connectivity index (χ2n) is 6.56. The van der Waals surface area contributed by atoms with Crippen LogP contribution in [0.5, 0.6) is 0 Å². The molecule has 6 heteroatoms. The molecule has 0 radical (unpaired) electrons. The van der Waals surface area contributed by atoms with Crippen LogP contribution < -0.4 is 5.32 Å². The Morgan fingerprint density at radius 3 is 2.65 bits per heavy atom. The summed E-state index contributed by atoms with van der Waals surface area (Å²) in [7, 11) is 0. The molecule has 3 aliphatic heterocycles. The van der Waals surface area contributed by atoms with E-state index in [1.807, 2.05) is 54.6 Å². The zero-order chi connectivity index (χ0) is 17.5. The van der Waals surface area contributed by atoms with Crippen molar-refractivity contribution in [2.75, 3.05) is 5.32 Å². The highest BCUT2D eigenvalue weighted by Crippen LogP contribution is 2.55. The number of para-hydroxylation sites is 1. The van der Waals surface area contributed by atoms with E-state index in [2.05, 4.69) is 20.5 Å². The number of hydrogen-bond donors (Lipinski definition) is 1. The Morgan fingerprint density at radius 2 is 1.73 bits per heavy atom. The van der Waals surface area contributed by atoms with E-state index in [1.165, 1.54) is 0 Å². The monoisotopic (exact) mass is 338 g/mol. The van der Waals surface area contributed by atoms with Gasteiger partial charge in [-0.05, 0) is 17.7 Å². The Balaban J connectivity index is 1.76. The molecule has 2 aromatic carbocycles. The van der Waals surface area contributed by atoms with E-state index in [1.54, 1.807) is 0 Å². The SMILES string of the molecule is O=C1N=NC2=C1C1(C(=O)Nc3ccccc31)C1=Cc3ccccc3C1=N2. The van der Waals surface area contributed by atoms with Crippen LogP contribution in [0, 0.1) is 0 Å². The number of fused-ring (bicyclic) bond motifs is 7. The minimum absolute atomic E-state index is 0.228. The van der Waals surface area contributed by atoms with Crippen LogP contribution in [0.3, 0.4) is 0 Å². The Labute approximate surface area is 147 Å². The van der Waals surface area contributed by atoms with Gasteiger partial charge in [-0.2, -0.15) is 0 Å². The summed E-state index contributed by atoms with van der Waals surface area (Å²) in [5.41, 5.74) is 3.71. The standard InChI is InChI=1S/C20H10N4O2/c25-18-15-17(23-24-18)22-16-11-6-2-1-5-10(11)9-13(16)20(15)12-7-3-4-8-14(12)21-19(20)26/h1-9H,(H,21,26). The first kappa shape index (κ1) is 13.6. The third-order valence-corrected chi connectivity index (χ3v) is 5.36. The highest BCUT2D eigenvalue weighted by Gasteiger charge is 2.60. The van der Waals surface area contributed by atoms with Gasteiger partial charge in [0.1, 0.15) is 5.41 Å². The first-order valence-electron chi connectivity index (χ1n) is 8.23. The molecule has 2 aromatic rings. The van der Waals surface area contributed by atoms with Gasteiger partial charge >= 0.3 is 0 Å². The molecular formula is C20H10N4O2. The molecule has 0 bridgehead atoms. The second-order valence-corrected chi connectivity index (χ2v) is 6.56. The maximum absolute atomic E-state index is 13.3. The molecule has 3 heterocycles. The molecule has 1 atom stereocenters. The van der Waals surface area contributed by atoms with E-state index in [-0.39, 0.29) is 17.3 Å². The van der Waals surface area contributed by atoms with Crippen molar-refractivity contribution in [2.24, 2.45) is 15.2 Å². The van der Waals surface area contributed by atoms with E-state index in [0.29, 0.717) is 17.0 Å². The van der Waals surface area contributed by atoms with Gasteiger partial charge in [0.15, 0.2) is 5.82 Å². The van der Waals surface area contributed by atoms with Crippen LogP contribution in [0.25, 0.3) is 6.08 Å². The van der Waals surface area contributed by atoms with Crippen molar-refractivity contribution in [3.8, 4) is 0 Å². The number of amides is 2. The first-order chi connectivity index (χ1) is 12.7. The molecule has 122 valence electrons. The Morgan fingerprint density at radius 1 is 0.923 bits per heavy atom. The fourth-order valence-corrected chi connectivity index (χ4v) is 4.32. The smallest absolute Gasteiger partial charge is 0.297 e. The van der Waals surface area contributed by atoms with Gasteiger partial charge in [-0.25, -0.2) is 4.99 Å². The van der Waals surface area contributed by atoms with Gasteiger partial charge in [-0.3, -0.25) is 9.59 Å². The largest absolute Gasteiger partial charge is 0.324 e. The van der Waals surface area contributed by atoms with Crippen LogP contribution >= 0.6 is 0 Å². The summed E-state index contributed by atoms with van der Waals surface area (Å²) in [6.45, 7) is 0. The number of anilines is 1. The maximum Gasteiger partial charge on any atom is 0.297 e. The van der Waals surface area contributed by atoms with Crippen LogP contribution in [0.4, 0.5) is 5.69 Å². The van der Waals surface area contributed by atoms with Gasteiger partial charge in [0, 0.05) is 22.4 Å². The van der Waals surface area contributed by atoms with Crippen molar-refractivity contribution < 1.29 is 9.59 Å². The molecule has 26 heavy (non-hydrogen) atoms. The molecular weight excluding hydrogens is 328 g/mol. The van der Waals surface area contributed by atoms with Crippen molar-refractivity contribution in [3.05, 3.63) is 82.2 Å². The van der Waals surface area contributed by atoms with Gasteiger partial charge in [0.25, 0.3) is 5.91 Å². The van der Waals surface area contributed by atoms with Crippen LogP contribution in [0.2, 0.25) is 0 Å². The lowest BCUT2D eigenvalue weighted by molar-refractivity contribution is -0.121. The average Bonchev–Trinajstić information content (AvgIpc) is 3.30. The summed E-state index contributed by atoms with van der Waals surface area (Å²) in [6, 6.07) is 15.2. The normalized spacial score (nSPS) is 24.2. The molecule has 1 aliphatic carbocycles. The van der Waals surface area contributed by atoms with E-state index in [0.717, 1.165) is 16.7 Å². The van der Waals surface area contributed by atoms with Crippen LogP contribution in [0.15, 0.2) is 80.7 Å². The number of carbonyl (C=O) groups is 2. The molecule has 4 aliphatic rings. The Bertz CT molecular complexity index is 1200. The fourth-order valence-electron chi connectivity index (χ4n) is 4.32. The van der Waals surface area contributed by atoms with Gasteiger partial charge in [-0.1, -0.05) is 42.5 Å². The fraction of sp³-hybridized carbons (Fsp3) is 0.0500. The number of carbonyl (C=O) groups excluding carboxylic acids is 2. The number of nitrogens with zero attached hydrogens (tertiary/aromatic N) is 3. The molecule has 0 saturated carbocycles. The highest BCUT2D eigenvalue weighted by molar-refractivity contribution is 6.32. The summed E-state index contributed by atoms with van der Waals surface area (Å²) in [6.07, 6.45) is 1.95. The number of azo groups is 1. The van der Waals surface area contributed by atoms with E-state index in [4.69, 9.17) is 0 Å². The number of aliphatic imine (C=N–C) groups is 1. The summed E-state index contributed by atoms with van der Waals surface area (Å²) in [4.78, 5) is 30.5. The van der Waals surface area contributed by atoms with Gasteiger partial charge < -0.3 is 5.32 Å². The zero-order valence-corrected chi connectivity index (χ0v) is 13.4. The van der Waals surface area contributed by atoms with Crippen molar-refractivity contribution in [2.45, 2.75) is 5.41 Å².